The van der Waals surface area contributed by atoms with Crippen LogP contribution in [-0.4, -0.2) is 19.7 Å². The molecule has 94 valence electrons. The molecule has 0 aromatic heterocycles. The summed E-state index contributed by atoms with van der Waals surface area (Å²) in [6.45, 7) is 4.59. The van der Waals surface area contributed by atoms with E-state index in [1.54, 1.807) is 18.2 Å². The van der Waals surface area contributed by atoms with E-state index in [1.807, 2.05) is 0 Å². The first kappa shape index (κ1) is 13.4. The monoisotopic (exact) mass is 237 g/mol. The lowest BCUT2D eigenvalue weighted by Gasteiger charge is -2.08. The maximum absolute atomic E-state index is 11.7. The van der Waals surface area contributed by atoms with Gasteiger partial charge in [-0.2, -0.15) is 0 Å². The highest BCUT2D eigenvalue weighted by atomic mass is 16.5. The lowest BCUT2D eigenvalue weighted by atomic mass is 10.1. The summed E-state index contributed by atoms with van der Waals surface area (Å²) in [7, 11) is 1.53. The quantitative estimate of drug-likeness (QED) is 0.631. The van der Waals surface area contributed by atoms with Crippen molar-refractivity contribution >= 4 is 11.7 Å². The van der Waals surface area contributed by atoms with Crippen LogP contribution in [-0.2, 0) is 4.74 Å². The van der Waals surface area contributed by atoms with Gasteiger partial charge in [-0.05, 0) is 24.5 Å². The molecule has 0 amide bonds. The molecule has 17 heavy (non-hydrogen) atoms. The number of nitrogens with two attached hydrogens (primary N) is 1. The van der Waals surface area contributed by atoms with E-state index in [0.717, 1.165) is 6.42 Å². The summed E-state index contributed by atoms with van der Waals surface area (Å²) in [4.78, 5) is 11.7. The fourth-order valence-electron chi connectivity index (χ4n) is 1.33. The van der Waals surface area contributed by atoms with Gasteiger partial charge in [0.2, 0.25) is 0 Å². The van der Waals surface area contributed by atoms with Gasteiger partial charge in [0.1, 0.15) is 5.75 Å². The van der Waals surface area contributed by atoms with Crippen LogP contribution < -0.4 is 10.5 Å². The highest BCUT2D eigenvalue weighted by Gasteiger charge is 2.10. The minimum Gasteiger partial charge on any atom is -0.497 e. The number of hydrogen-bond acceptors (Lipinski definition) is 4. The standard InChI is InChI=1S/C13H19NO3/c1-9(2)4-5-17-13(15)10-6-11(14)8-12(7-10)16-3/h6-9H,4-5,14H2,1-3H3. The summed E-state index contributed by atoms with van der Waals surface area (Å²) in [6, 6.07) is 4.86. The lowest BCUT2D eigenvalue weighted by Crippen LogP contribution is -2.08. The zero-order valence-electron chi connectivity index (χ0n) is 10.5. The Morgan fingerprint density at radius 1 is 1.35 bits per heavy atom. The molecule has 0 saturated heterocycles. The van der Waals surface area contributed by atoms with Crippen molar-refractivity contribution in [3.63, 3.8) is 0 Å². The molecular formula is C13H19NO3. The number of hydrogen-bond donors (Lipinski definition) is 1. The van der Waals surface area contributed by atoms with Gasteiger partial charge in [-0.1, -0.05) is 13.8 Å². The third-order valence-corrected chi connectivity index (χ3v) is 2.33. The Bertz CT molecular complexity index is 388. The molecule has 4 heteroatoms. The first-order valence-corrected chi connectivity index (χ1v) is 5.64. The molecule has 0 bridgehead atoms. The van der Waals surface area contributed by atoms with Crippen LogP contribution in [0, 0.1) is 5.92 Å². The topological polar surface area (TPSA) is 61.5 Å². The van der Waals surface area contributed by atoms with E-state index in [1.165, 1.54) is 7.11 Å². The summed E-state index contributed by atoms with van der Waals surface area (Å²) >= 11 is 0. The number of carbonyl (C=O) groups is 1. The minimum atomic E-state index is -0.365. The molecular weight excluding hydrogens is 218 g/mol. The second-order valence-electron chi connectivity index (χ2n) is 4.31. The Morgan fingerprint density at radius 3 is 2.65 bits per heavy atom. The van der Waals surface area contributed by atoms with E-state index in [4.69, 9.17) is 15.2 Å². The molecule has 0 fully saturated rings. The average Bonchev–Trinajstić information content (AvgIpc) is 2.27. The van der Waals surface area contributed by atoms with Crippen LogP contribution in [0.15, 0.2) is 18.2 Å². The number of carbonyl (C=O) groups excluding carboxylic acids is 1. The van der Waals surface area contributed by atoms with Crippen LogP contribution in [0.25, 0.3) is 0 Å². The molecule has 4 nitrogen and oxygen atoms in total. The van der Waals surface area contributed by atoms with Gasteiger partial charge < -0.3 is 15.2 Å². The van der Waals surface area contributed by atoms with E-state index >= 15 is 0 Å². The molecule has 0 saturated carbocycles. The zero-order valence-corrected chi connectivity index (χ0v) is 10.5. The molecule has 0 unspecified atom stereocenters. The Balaban J connectivity index is 2.65. The van der Waals surface area contributed by atoms with Gasteiger partial charge in [0.25, 0.3) is 0 Å². The molecule has 0 aliphatic rings. The lowest BCUT2D eigenvalue weighted by molar-refractivity contribution is 0.0488. The molecule has 0 atom stereocenters. The highest BCUT2D eigenvalue weighted by molar-refractivity contribution is 5.91. The van der Waals surface area contributed by atoms with Gasteiger partial charge in [-0.25, -0.2) is 4.79 Å². The first-order chi connectivity index (χ1) is 8.02. The van der Waals surface area contributed by atoms with Gasteiger partial charge in [0.05, 0.1) is 19.3 Å². The van der Waals surface area contributed by atoms with Crippen molar-refractivity contribution in [1.29, 1.82) is 0 Å². The zero-order chi connectivity index (χ0) is 12.8. The Labute approximate surface area is 102 Å². The number of benzene rings is 1. The Morgan fingerprint density at radius 2 is 2.06 bits per heavy atom. The molecule has 0 heterocycles. The van der Waals surface area contributed by atoms with Crippen LogP contribution in [0.5, 0.6) is 5.75 Å². The fourth-order valence-corrected chi connectivity index (χ4v) is 1.33. The van der Waals surface area contributed by atoms with Crippen molar-refractivity contribution in [2.45, 2.75) is 20.3 Å². The van der Waals surface area contributed by atoms with Crippen LogP contribution in [0.1, 0.15) is 30.6 Å². The normalized spacial score (nSPS) is 10.4. The highest BCUT2D eigenvalue weighted by Crippen LogP contribution is 2.19. The molecule has 0 aliphatic carbocycles. The largest absolute Gasteiger partial charge is 0.497 e. The average molecular weight is 237 g/mol. The predicted octanol–water partition coefficient (Wildman–Crippen LogP) is 2.48. The van der Waals surface area contributed by atoms with Gasteiger partial charge >= 0.3 is 5.97 Å². The fraction of sp³-hybridized carbons (Fsp3) is 0.462. The van der Waals surface area contributed by atoms with Gasteiger partial charge in [0, 0.05) is 11.8 Å². The van der Waals surface area contributed by atoms with E-state index in [9.17, 15) is 4.79 Å². The predicted molar refractivity (Wildman–Crippen MR) is 67.1 cm³/mol. The first-order valence-electron chi connectivity index (χ1n) is 5.64. The molecule has 2 N–H and O–H groups in total. The van der Waals surface area contributed by atoms with E-state index in [-0.39, 0.29) is 5.97 Å². The maximum Gasteiger partial charge on any atom is 0.338 e. The van der Waals surface area contributed by atoms with Crippen molar-refractivity contribution < 1.29 is 14.3 Å². The van der Waals surface area contributed by atoms with Crippen LogP contribution in [0.4, 0.5) is 5.69 Å². The number of anilines is 1. The summed E-state index contributed by atoms with van der Waals surface area (Å²) in [5.41, 5.74) is 6.57. The van der Waals surface area contributed by atoms with Crippen LogP contribution in [0.3, 0.4) is 0 Å². The number of esters is 1. The molecule has 1 aromatic rings. The van der Waals surface area contributed by atoms with Crippen molar-refractivity contribution in [1.82, 2.24) is 0 Å². The molecule has 0 radical (unpaired) electrons. The van der Waals surface area contributed by atoms with Crippen molar-refractivity contribution in [2.24, 2.45) is 5.92 Å². The number of ether oxygens (including phenoxy) is 2. The van der Waals surface area contributed by atoms with Crippen LogP contribution in [0.2, 0.25) is 0 Å². The SMILES string of the molecule is COc1cc(N)cc(C(=O)OCCC(C)C)c1. The van der Waals surface area contributed by atoms with Crippen molar-refractivity contribution in [3.8, 4) is 5.75 Å². The van der Waals surface area contributed by atoms with E-state index in [0.29, 0.717) is 29.5 Å². The van der Waals surface area contributed by atoms with Gasteiger partial charge in [-0.3, -0.25) is 0 Å². The smallest absolute Gasteiger partial charge is 0.338 e. The summed E-state index contributed by atoms with van der Waals surface area (Å²) < 4.78 is 10.2. The second-order valence-corrected chi connectivity index (χ2v) is 4.31. The van der Waals surface area contributed by atoms with Gasteiger partial charge in [-0.15, -0.1) is 0 Å². The number of nitrogen functional groups attached to an aromatic ring is 1. The number of rotatable bonds is 5. The van der Waals surface area contributed by atoms with Crippen molar-refractivity contribution in [3.05, 3.63) is 23.8 Å². The van der Waals surface area contributed by atoms with E-state index in [2.05, 4.69) is 13.8 Å². The second kappa shape index (κ2) is 6.13. The minimum absolute atomic E-state index is 0.365. The molecule has 0 spiro atoms. The third kappa shape index (κ3) is 4.34. The Kier molecular flexibility index (Phi) is 4.82. The molecule has 1 aromatic carbocycles. The van der Waals surface area contributed by atoms with E-state index < -0.39 is 0 Å². The third-order valence-electron chi connectivity index (χ3n) is 2.33. The van der Waals surface area contributed by atoms with Crippen LogP contribution >= 0.6 is 0 Å². The molecule has 1 rings (SSSR count). The number of methoxy groups -OCH3 is 1. The summed E-state index contributed by atoms with van der Waals surface area (Å²) in [6.07, 6.45) is 0.852. The summed E-state index contributed by atoms with van der Waals surface area (Å²) in [5, 5.41) is 0. The van der Waals surface area contributed by atoms with Gasteiger partial charge in [0.15, 0.2) is 0 Å². The maximum atomic E-state index is 11.7. The summed E-state index contributed by atoms with van der Waals surface area (Å²) in [5.74, 6) is 0.704. The molecule has 0 aliphatic heterocycles. The van der Waals surface area contributed by atoms with Crippen molar-refractivity contribution in [2.75, 3.05) is 19.5 Å². The Hall–Kier alpha value is -1.71.